The summed E-state index contributed by atoms with van der Waals surface area (Å²) in [5, 5.41) is 3.69. The molecular formula is C14H30N2O. The fourth-order valence-corrected chi connectivity index (χ4v) is 2.53. The molecule has 2 atom stereocenters. The van der Waals surface area contributed by atoms with Crippen LogP contribution < -0.4 is 5.32 Å². The number of nitrogens with zero attached hydrogens (tertiary/aromatic N) is 1. The number of methoxy groups -OCH3 is 1. The van der Waals surface area contributed by atoms with E-state index in [4.69, 9.17) is 4.74 Å². The van der Waals surface area contributed by atoms with Crippen molar-refractivity contribution >= 4 is 0 Å². The summed E-state index contributed by atoms with van der Waals surface area (Å²) in [5.41, 5.74) is 0.327. The van der Waals surface area contributed by atoms with E-state index in [0.29, 0.717) is 17.5 Å². The van der Waals surface area contributed by atoms with Crippen molar-refractivity contribution in [2.75, 3.05) is 33.4 Å². The third-order valence-corrected chi connectivity index (χ3v) is 3.82. The van der Waals surface area contributed by atoms with Gasteiger partial charge in [-0.1, -0.05) is 27.7 Å². The van der Waals surface area contributed by atoms with Gasteiger partial charge in [0.25, 0.3) is 0 Å². The molecule has 17 heavy (non-hydrogen) atoms. The minimum absolute atomic E-state index is 0.327. The van der Waals surface area contributed by atoms with Crippen molar-refractivity contribution in [3.8, 4) is 0 Å². The van der Waals surface area contributed by atoms with Gasteiger partial charge in [-0.15, -0.1) is 0 Å². The van der Waals surface area contributed by atoms with Gasteiger partial charge in [0.1, 0.15) is 0 Å². The Kier molecular flexibility index (Phi) is 5.90. The maximum Gasteiger partial charge on any atom is 0.0617 e. The molecule has 0 amide bonds. The van der Waals surface area contributed by atoms with Crippen molar-refractivity contribution in [2.24, 2.45) is 5.41 Å². The quantitative estimate of drug-likeness (QED) is 0.817. The summed E-state index contributed by atoms with van der Waals surface area (Å²) in [6.45, 7) is 13.6. The Labute approximate surface area is 107 Å². The third kappa shape index (κ3) is 4.57. The van der Waals surface area contributed by atoms with Crippen LogP contribution in [0.4, 0.5) is 0 Å². The first-order valence-electron chi connectivity index (χ1n) is 6.95. The second-order valence-corrected chi connectivity index (χ2v) is 6.24. The fraction of sp³-hybridized carbons (Fsp3) is 1.00. The molecule has 0 saturated carbocycles. The van der Waals surface area contributed by atoms with Crippen LogP contribution in [0.25, 0.3) is 0 Å². The lowest BCUT2D eigenvalue weighted by Crippen LogP contribution is -2.49. The van der Waals surface area contributed by atoms with Gasteiger partial charge < -0.3 is 10.1 Å². The average Bonchev–Trinajstić information content (AvgIpc) is 2.50. The Bertz CT molecular complexity index is 213. The van der Waals surface area contributed by atoms with Crippen LogP contribution in [0, 0.1) is 5.41 Å². The van der Waals surface area contributed by atoms with Gasteiger partial charge in [-0.2, -0.15) is 0 Å². The molecule has 0 spiro atoms. The van der Waals surface area contributed by atoms with Crippen molar-refractivity contribution < 1.29 is 4.74 Å². The van der Waals surface area contributed by atoms with Crippen LogP contribution in [-0.4, -0.2) is 50.3 Å². The Balaban J connectivity index is 2.64. The lowest BCUT2D eigenvalue weighted by atomic mass is 9.86. The standard InChI is InChI=1S/C14H30N2O/c1-6-12(11-17-5)16-9-7-8-15-13(10-16)14(2,3)4/h12-13,15H,6-11H2,1-5H3. The van der Waals surface area contributed by atoms with Gasteiger partial charge in [-0.25, -0.2) is 0 Å². The summed E-state index contributed by atoms with van der Waals surface area (Å²) < 4.78 is 5.35. The third-order valence-electron chi connectivity index (χ3n) is 3.82. The predicted octanol–water partition coefficient (Wildman–Crippen LogP) is 2.12. The second kappa shape index (κ2) is 6.72. The molecule has 1 N–H and O–H groups in total. The summed E-state index contributed by atoms with van der Waals surface area (Å²) in [6.07, 6.45) is 2.41. The van der Waals surface area contributed by atoms with E-state index in [1.54, 1.807) is 7.11 Å². The largest absolute Gasteiger partial charge is 0.383 e. The lowest BCUT2D eigenvalue weighted by Gasteiger charge is -2.36. The van der Waals surface area contributed by atoms with E-state index in [1.165, 1.54) is 19.4 Å². The van der Waals surface area contributed by atoms with Crippen LogP contribution in [0.5, 0.6) is 0 Å². The number of ether oxygens (including phenoxy) is 1. The van der Waals surface area contributed by atoms with Crippen LogP contribution in [0.2, 0.25) is 0 Å². The number of hydrogen-bond donors (Lipinski definition) is 1. The van der Waals surface area contributed by atoms with Gasteiger partial charge >= 0.3 is 0 Å². The molecule has 102 valence electrons. The van der Waals surface area contributed by atoms with E-state index in [-0.39, 0.29) is 0 Å². The highest BCUT2D eigenvalue weighted by Gasteiger charge is 2.30. The molecule has 3 nitrogen and oxygen atoms in total. The SMILES string of the molecule is CCC(COC)N1CCCNC(C(C)(C)C)C1. The van der Waals surface area contributed by atoms with E-state index in [9.17, 15) is 0 Å². The first-order chi connectivity index (χ1) is 7.99. The van der Waals surface area contributed by atoms with E-state index in [0.717, 1.165) is 19.7 Å². The van der Waals surface area contributed by atoms with Gasteiger partial charge in [-0.05, 0) is 31.3 Å². The van der Waals surface area contributed by atoms with Gasteiger partial charge in [0, 0.05) is 25.7 Å². The zero-order valence-electron chi connectivity index (χ0n) is 12.3. The predicted molar refractivity (Wildman–Crippen MR) is 73.4 cm³/mol. The topological polar surface area (TPSA) is 24.5 Å². The second-order valence-electron chi connectivity index (χ2n) is 6.24. The molecule has 0 aromatic heterocycles. The molecule has 1 saturated heterocycles. The highest BCUT2D eigenvalue weighted by molar-refractivity contribution is 4.87. The minimum Gasteiger partial charge on any atom is -0.383 e. The van der Waals surface area contributed by atoms with Gasteiger partial charge in [0.05, 0.1) is 6.61 Å². The maximum absolute atomic E-state index is 5.35. The van der Waals surface area contributed by atoms with Crippen molar-refractivity contribution in [1.82, 2.24) is 10.2 Å². The molecule has 1 aliphatic rings. The zero-order chi connectivity index (χ0) is 12.9. The summed E-state index contributed by atoms with van der Waals surface area (Å²) in [5.74, 6) is 0. The zero-order valence-corrected chi connectivity index (χ0v) is 12.3. The van der Waals surface area contributed by atoms with Crippen LogP contribution in [0.3, 0.4) is 0 Å². The highest BCUT2D eigenvalue weighted by atomic mass is 16.5. The minimum atomic E-state index is 0.327. The maximum atomic E-state index is 5.35. The van der Waals surface area contributed by atoms with E-state index in [1.807, 2.05) is 0 Å². The smallest absolute Gasteiger partial charge is 0.0617 e. The van der Waals surface area contributed by atoms with Crippen LogP contribution >= 0.6 is 0 Å². The first-order valence-corrected chi connectivity index (χ1v) is 6.95. The Morgan fingerprint density at radius 3 is 2.65 bits per heavy atom. The van der Waals surface area contributed by atoms with Crippen molar-refractivity contribution in [3.63, 3.8) is 0 Å². The highest BCUT2D eigenvalue weighted by Crippen LogP contribution is 2.23. The molecular weight excluding hydrogens is 212 g/mol. The average molecular weight is 242 g/mol. The molecule has 1 heterocycles. The molecule has 0 bridgehead atoms. The molecule has 3 heteroatoms. The molecule has 0 radical (unpaired) electrons. The Morgan fingerprint density at radius 1 is 1.41 bits per heavy atom. The van der Waals surface area contributed by atoms with Gasteiger partial charge in [0.2, 0.25) is 0 Å². The summed E-state index contributed by atoms with van der Waals surface area (Å²) in [4.78, 5) is 2.61. The molecule has 0 aromatic rings. The summed E-state index contributed by atoms with van der Waals surface area (Å²) in [6, 6.07) is 1.15. The van der Waals surface area contributed by atoms with Crippen molar-refractivity contribution in [2.45, 2.75) is 52.6 Å². The number of rotatable bonds is 4. The van der Waals surface area contributed by atoms with E-state index >= 15 is 0 Å². The number of nitrogens with one attached hydrogen (secondary N) is 1. The molecule has 1 aliphatic heterocycles. The molecule has 2 unspecified atom stereocenters. The van der Waals surface area contributed by atoms with Gasteiger partial charge in [-0.3, -0.25) is 4.90 Å². The van der Waals surface area contributed by atoms with Gasteiger partial charge in [0.15, 0.2) is 0 Å². The van der Waals surface area contributed by atoms with Crippen molar-refractivity contribution in [3.05, 3.63) is 0 Å². The van der Waals surface area contributed by atoms with Crippen molar-refractivity contribution in [1.29, 1.82) is 0 Å². The molecule has 0 aromatic carbocycles. The Morgan fingerprint density at radius 2 is 2.12 bits per heavy atom. The van der Waals surface area contributed by atoms with E-state index < -0.39 is 0 Å². The summed E-state index contributed by atoms with van der Waals surface area (Å²) in [7, 11) is 1.81. The van der Waals surface area contributed by atoms with Crippen LogP contribution in [0.1, 0.15) is 40.5 Å². The van der Waals surface area contributed by atoms with Crippen LogP contribution in [-0.2, 0) is 4.74 Å². The Hall–Kier alpha value is -0.120. The normalized spacial score (nSPS) is 25.6. The van der Waals surface area contributed by atoms with Crippen LogP contribution in [0.15, 0.2) is 0 Å². The first kappa shape index (κ1) is 14.9. The molecule has 1 fully saturated rings. The number of hydrogen-bond acceptors (Lipinski definition) is 3. The summed E-state index contributed by atoms with van der Waals surface area (Å²) >= 11 is 0. The monoisotopic (exact) mass is 242 g/mol. The fourth-order valence-electron chi connectivity index (χ4n) is 2.53. The molecule has 0 aliphatic carbocycles. The molecule has 1 rings (SSSR count). The van der Waals surface area contributed by atoms with E-state index in [2.05, 4.69) is 37.9 Å². The lowest BCUT2D eigenvalue weighted by molar-refractivity contribution is 0.0762.